The normalized spacial score (nSPS) is 16.4. The van der Waals surface area contributed by atoms with Gasteiger partial charge in [0, 0.05) is 13.1 Å². The molecule has 0 saturated carbocycles. The lowest BCUT2D eigenvalue weighted by Crippen LogP contribution is -2.33. The Bertz CT molecular complexity index is 554. The molecule has 0 unspecified atom stereocenters. The summed E-state index contributed by atoms with van der Waals surface area (Å²) >= 11 is 0. The molecule has 20 heavy (non-hydrogen) atoms. The van der Waals surface area contributed by atoms with Gasteiger partial charge in [-0.05, 0) is 44.1 Å². The number of ether oxygens (including phenoxy) is 1. The van der Waals surface area contributed by atoms with Gasteiger partial charge in [0.05, 0.1) is 17.7 Å². The van der Waals surface area contributed by atoms with Crippen molar-refractivity contribution in [1.29, 1.82) is 0 Å². The second-order valence-electron chi connectivity index (χ2n) is 4.85. The number of anilines is 1. The van der Waals surface area contributed by atoms with Crippen LogP contribution in [0.3, 0.4) is 0 Å². The molecular formula is C13H21N3O3S. The zero-order chi connectivity index (χ0) is 14.6. The molecule has 0 aliphatic carbocycles. The quantitative estimate of drug-likeness (QED) is 0.754. The van der Waals surface area contributed by atoms with Gasteiger partial charge < -0.3 is 15.4 Å². The second-order valence-corrected chi connectivity index (χ2v) is 6.62. The highest BCUT2D eigenvalue weighted by Crippen LogP contribution is 2.24. The van der Waals surface area contributed by atoms with Crippen molar-refractivity contribution in [2.45, 2.75) is 17.7 Å². The van der Waals surface area contributed by atoms with Gasteiger partial charge in [0.2, 0.25) is 10.0 Å². The SMILES string of the molecule is COc1ccc(S(=O)(=O)NCCN2CCCC2)cc1N. The van der Waals surface area contributed by atoms with E-state index in [0.717, 1.165) is 19.6 Å². The van der Waals surface area contributed by atoms with E-state index in [2.05, 4.69) is 9.62 Å². The van der Waals surface area contributed by atoms with Gasteiger partial charge in [0.1, 0.15) is 5.75 Å². The first-order valence-corrected chi connectivity index (χ1v) is 8.17. The Morgan fingerprint density at radius 2 is 2.05 bits per heavy atom. The van der Waals surface area contributed by atoms with Crippen LogP contribution in [-0.2, 0) is 10.0 Å². The maximum atomic E-state index is 12.1. The van der Waals surface area contributed by atoms with Crippen LogP contribution in [0.5, 0.6) is 5.75 Å². The average Bonchev–Trinajstić information content (AvgIpc) is 2.91. The average molecular weight is 299 g/mol. The lowest BCUT2D eigenvalue weighted by Gasteiger charge is -2.15. The van der Waals surface area contributed by atoms with Crippen LogP contribution in [0, 0.1) is 0 Å². The number of rotatable bonds is 6. The van der Waals surface area contributed by atoms with Crippen LogP contribution < -0.4 is 15.2 Å². The summed E-state index contributed by atoms with van der Waals surface area (Å²) in [6.07, 6.45) is 2.39. The Kier molecular flexibility index (Phi) is 4.85. The molecule has 0 radical (unpaired) electrons. The van der Waals surface area contributed by atoms with E-state index in [-0.39, 0.29) is 4.90 Å². The molecule has 7 heteroatoms. The molecule has 1 aromatic carbocycles. The predicted octanol–water partition coefficient (Wildman–Crippen LogP) is 0.651. The number of sulfonamides is 1. The fraction of sp³-hybridized carbons (Fsp3) is 0.538. The molecule has 2 rings (SSSR count). The molecule has 1 fully saturated rings. The molecule has 0 amide bonds. The molecule has 0 atom stereocenters. The summed E-state index contributed by atoms with van der Waals surface area (Å²) in [6, 6.07) is 4.47. The third kappa shape index (κ3) is 3.62. The Morgan fingerprint density at radius 3 is 2.65 bits per heavy atom. The highest BCUT2D eigenvalue weighted by Gasteiger charge is 2.17. The van der Waals surface area contributed by atoms with E-state index in [0.29, 0.717) is 18.0 Å². The summed E-state index contributed by atoms with van der Waals surface area (Å²) in [6.45, 7) is 3.26. The molecule has 1 aliphatic rings. The summed E-state index contributed by atoms with van der Waals surface area (Å²) < 4.78 is 31.9. The minimum absolute atomic E-state index is 0.164. The van der Waals surface area contributed by atoms with Crippen LogP contribution >= 0.6 is 0 Å². The minimum atomic E-state index is -3.51. The highest BCUT2D eigenvalue weighted by molar-refractivity contribution is 7.89. The van der Waals surface area contributed by atoms with Gasteiger partial charge in [-0.3, -0.25) is 0 Å². The van der Waals surface area contributed by atoms with Crippen molar-refractivity contribution in [3.63, 3.8) is 0 Å². The van der Waals surface area contributed by atoms with E-state index in [1.54, 1.807) is 6.07 Å². The van der Waals surface area contributed by atoms with Crippen LogP contribution in [0.25, 0.3) is 0 Å². The van der Waals surface area contributed by atoms with Gasteiger partial charge in [-0.25, -0.2) is 13.1 Å². The monoisotopic (exact) mass is 299 g/mol. The van der Waals surface area contributed by atoms with Gasteiger partial charge in [0.25, 0.3) is 0 Å². The molecule has 0 aromatic heterocycles. The zero-order valence-corrected chi connectivity index (χ0v) is 12.4. The summed E-state index contributed by atoms with van der Waals surface area (Å²) in [5.74, 6) is 0.473. The smallest absolute Gasteiger partial charge is 0.240 e. The molecule has 1 heterocycles. The number of nitrogen functional groups attached to an aromatic ring is 1. The van der Waals surface area contributed by atoms with Crippen molar-refractivity contribution in [3.05, 3.63) is 18.2 Å². The molecule has 1 aromatic rings. The Hall–Kier alpha value is -1.31. The van der Waals surface area contributed by atoms with E-state index in [4.69, 9.17) is 10.5 Å². The van der Waals surface area contributed by atoms with Crippen LogP contribution in [0.15, 0.2) is 23.1 Å². The number of hydrogen-bond donors (Lipinski definition) is 2. The van der Waals surface area contributed by atoms with Gasteiger partial charge in [-0.2, -0.15) is 0 Å². The Balaban J connectivity index is 1.96. The number of nitrogens with zero attached hydrogens (tertiary/aromatic N) is 1. The fourth-order valence-corrected chi connectivity index (χ4v) is 3.36. The van der Waals surface area contributed by atoms with Crippen molar-refractivity contribution in [1.82, 2.24) is 9.62 Å². The Labute approximate surface area is 120 Å². The molecule has 0 spiro atoms. The van der Waals surface area contributed by atoms with Gasteiger partial charge in [-0.1, -0.05) is 0 Å². The van der Waals surface area contributed by atoms with E-state index in [9.17, 15) is 8.42 Å². The van der Waals surface area contributed by atoms with E-state index < -0.39 is 10.0 Å². The van der Waals surface area contributed by atoms with Gasteiger partial charge in [0.15, 0.2) is 0 Å². The standard InChI is InChI=1S/C13H21N3O3S/c1-19-13-5-4-11(10-12(13)14)20(17,18)15-6-9-16-7-2-3-8-16/h4-5,10,15H,2-3,6-9,14H2,1H3. The molecule has 6 nitrogen and oxygen atoms in total. The molecule has 112 valence electrons. The van der Waals surface area contributed by atoms with Crippen molar-refractivity contribution >= 4 is 15.7 Å². The fourth-order valence-electron chi connectivity index (χ4n) is 2.31. The molecule has 1 aliphatic heterocycles. The third-order valence-electron chi connectivity index (χ3n) is 3.43. The van der Waals surface area contributed by atoms with Crippen LogP contribution in [0.1, 0.15) is 12.8 Å². The number of benzene rings is 1. The van der Waals surface area contributed by atoms with Crippen molar-refractivity contribution in [2.24, 2.45) is 0 Å². The summed E-state index contributed by atoms with van der Waals surface area (Å²) in [4.78, 5) is 2.42. The molecule has 0 bridgehead atoms. The number of methoxy groups -OCH3 is 1. The van der Waals surface area contributed by atoms with Crippen LogP contribution in [-0.4, -0.2) is 46.6 Å². The van der Waals surface area contributed by atoms with Crippen molar-refractivity contribution in [3.8, 4) is 5.75 Å². The summed E-state index contributed by atoms with van der Waals surface area (Å²) in [7, 11) is -2.02. The molecule has 1 saturated heterocycles. The van der Waals surface area contributed by atoms with Crippen molar-refractivity contribution in [2.75, 3.05) is 39.0 Å². The first-order chi connectivity index (χ1) is 9.53. The van der Waals surface area contributed by atoms with Gasteiger partial charge in [-0.15, -0.1) is 0 Å². The number of likely N-dealkylation sites (tertiary alicyclic amines) is 1. The summed E-state index contributed by atoms with van der Waals surface area (Å²) in [5.41, 5.74) is 6.05. The lowest BCUT2D eigenvalue weighted by atomic mass is 10.3. The number of nitrogens with two attached hydrogens (primary N) is 1. The van der Waals surface area contributed by atoms with Gasteiger partial charge >= 0.3 is 0 Å². The second kappa shape index (κ2) is 6.43. The largest absolute Gasteiger partial charge is 0.495 e. The predicted molar refractivity (Wildman–Crippen MR) is 78.3 cm³/mol. The maximum absolute atomic E-state index is 12.1. The first-order valence-electron chi connectivity index (χ1n) is 6.68. The van der Waals surface area contributed by atoms with Crippen LogP contribution in [0.4, 0.5) is 5.69 Å². The number of hydrogen-bond acceptors (Lipinski definition) is 5. The van der Waals surface area contributed by atoms with E-state index in [1.165, 1.54) is 32.1 Å². The maximum Gasteiger partial charge on any atom is 0.240 e. The first kappa shape index (κ1) is 15.1. The minimum Gasteiger partial charge on any atom is -0.495 e. The third-order valence-corrected chi connectivity index (χ3v) is 4.89. The summed E-state index contributed by atoms with van der Waals surface area (Å²) in [5, 5.41) is 0. The van der Waals surface area contributed by atoms with Crippen LogP contribution in [0.2, 0.25) is 0 Å². The van der Waals surface area contributed by atoms with E-state index in [1.807, 2.05) is 0 Å². The lowest BCUT2D eigenvalue weighted by molar-refractivity contribution is 0.344. The molecular weight excluding hydrogens is 278 g/mol. The Morgan fingerprint density at radius 1 is 1.35 bits per heavy atom. The highest BCUT2D eigenvalue weighted by atomic mass is 32.2. The molecule has 3 N–H and O–H groups in total. The topological polar surface area (TPSA) is 84.7 Å². The van der Waals surface area contributed by atoms with Crippen molar-refractivity contribution < 1.29 is 13.2 Å². The van der Waals surface area contributed by atoms with E-state index >= 15 is 0 Å². The zero-order valence-electron chi connectivity index (χ0n) is 11.6. The number of nitrogens with one attached hydrogen (secondary N) is 1.